The van der Waals surface area contributed by atoms with E-state index in [1.54, 1.807) is 0 Å². The van der Waals surface area contributed by atoms with Gasteiger partial charge in [0.25, 0.3) is 0 Å². The second-order valence-corrected chi connectivity index (χ2v) is 6.21. The minimum absolute atomic E-state index is 0.557. The van der Waals surface area contributed by atoms with Gasteiger partial charge >= 0.3 is 0 Å². The van der Waals surface area contributed by atoms with Crippen LogP contribution in [0.1, 0.15) is 51.7 Å². The number of nitrogens with one attached hydrogen (secondary N) is 1. The van der Waals surface area contributed by atoms with E-state index in [0.717, 1.165) is 13.1 Å². The summed E-state index contributed by atoms with van der Waals surface area (Å²) in [6, 6.07) is 10.2. The van der Waals surface area contributed by atoms with Gasteiger partial charge in [-0.05, 0) is 37.9 Å². The molecule has 1 rings (SSSR count). The summed E-state index contributed by atoms with van der Waals surface area (Å²) in [6.07, 6.45) is 0. The molecule has 0 aromatic heterocycles. The van der Waals surface area contributed by atoms with Crippen LogP contribution in [0.5, 0.6) is 0 Å². The minimum atomic E-state index is 0.557. The fraction of sp³-hybridized carbons (Fsp3) is 0.647. The van der Waals surface area contributed by atoms with Gasteiger partial charge in [-0.25, -0.2) is 0 Å². The third kappa shape index (κ3) is 5.75. The lowest BCUT2D eigenvalue weighted by Gasteiger charge is -2.21. The summed E-state index contributed by atoms with van der Waals surface area (Å²) < 4.78 is 0. The van der Waals surface area contributed by atoms with Gasteiger partial charge in [0, 0.05) is 25.2 Å². The lowest BCUT2D eigenvalue weighted by molar-refractivity contribution is 0.266. The quantitative estimate of drug-likeness (QED) is 0.807. The van der Waals surface area contributed by atoms with Gasteiger partial charge in [0.05, 0.1) is 0 Å². The third-order valence-electron chi connectivity index (χ3n) is 3.69. The zero-order chi connectivity index (χ0) is 14.4. The van der Waals surface area contributed by atoms with Crippen molar-refractivity contribution in [1.82, 2.24) is 10.2 Å². The van der Waals surface area contributed by atoms with Gasteiger partial charge in [-0.1, -0.05) is 45.0 Å². The lowest BCUT2D eigenvalue weighted by atomic mass is 9.99. The molecule has 0 heterocycles. The van der Waals surface area contributed by atoms with Gasteiger partial charge in [0.15, 0.2) is 0 Å². The van der Waals surface area contributed by atoms with E-state index < -0.39 is 0 Å². The summed E-state index contributed by atoms with van der Waals surface area (Å²) in [5.41, 5.74) is 2.81. The van der Waals surface area contributed by atoms with Crippen LogP contribution in [0, 0.1) is 0 Å². The number of hydrogen-bond donors (Lipinski definition) is 1. The van der Waals surface area contributed by atoms with E-state index in [2.05, 4.69) is 76.1 Å². The fourth-order valence-corrected chi connectivity index (χ4v) is 1.95. The second kappa shape index (κ2) is 7.66. The van der Waals surface area contributed by atoms with E-state index in [9.17, 15) is 0 Å². The Morgan fingerprint density at radius 3 is 2.05 bits per heavy atom. The molecule has 0 radical (unpaired) electrons. The van der Waals surface area contributed by atoms with Gasteiger partial charge < -0.3 is 5.32 Å². The molecule has 0 aliphatic rings. The van der Waals surface area contributed by atoms with Crippen molar-refractivity contribution in [2.45, 2.75) is 59.2 Å². The smallest absolute Gasteiger partial charge is 0.0233 e. The molecule has 2 nitrogen and oxygen atoms in total. The normalized spacial score (nSPS) is 13.5. The van der Waals surface area contributed by atoms with E-state index in [1.165, 1.54) is 11.1 Å². The fourth-order valence-electron chi connectivity index (χ4n) is 1.95. The number of benzene rings is 1. The van der Waals surface area contributed by atoms with Crippen molar-refractivity contribution in [2.24, 2.45) is 0 Å². The van der Waals surface area contributed by atoms with Crippen LogP contribution in [0.3, 0.4) is 0 Å². The molecular formula is C17H30N2. The second-order valence-electron chi connectivity index (χ2n) is 6.21. The van der Waals surface area contributed by atoms with Gasteiger partial charge in [-0.15, -0.1) is 0 Å². The van der Waals surface area contributed by atoms with E-state index in [-0.39, 0.29) is 0 Å². The van der Waals surface area contributed by atoms with Crippen LogP contribution in [0.25, 0.3) is 0 Å². The molecule has 0 amide bonds. The predicted molar refractivity (Wildman–Crippen MR) is 84.6 cm³/mol. The Kier molecular flexibility index (Phi) is 6.53. The van der Waals surface area contributed by atoms with E-state index in [4.69, 9.17) is 0 Å². The van der Waals surface area contributed by atoms with Crippen LogP contribution in [-0.2, 0) is 6.54 Å². The van der Waals surface area contributed by atoms with Crippen LogP contribution >= 0.6 is 0 Å². The number of nitrogens with zero attached hydrogens (tertiary/aromatic N) is 1. The molecule has 1 N–H and O–H groups in total. The predicted octanol–water partition coefficient (Wildman–Crippen LogP) is 3.63. The summed E-state index contributed by atoms with van der Waals surface area (Å²) >= 11 is 0. The van der Waals surface area contributed by atoms with Gasteiger partial charge in [-0.3, -0.25) is 4.90 Å². The molecule has 0 bridgehead atoms. The summed E-state index contributed by atoms with van der Waals surface area (Å²) in [6.45, 7) is 13.2. The summed E-state index contributed by atoms with van der Waals surface area (Å²) in [5, 5.41) is 3.50. The first-order chi connectivity index (χ1) is 8.90. The summed E-state index contributed by atoms with van der Waals surface area (Å²) in [4.78, 5) is 2.36. The molecule has 0 saturated heterocycles. The van der Waals surface area contributed by atoms with Crippen LogP contribution < -0.4 is 5.32 Å². The van der Waals surface area contributed by atoms with E-state index in [0.29, 0.717) is 18.0 Å². The molecular weight excluding hydrogens is 232 g/mol. The van der Waals surface area contributed by atoms with Crippen molar-refractivity contribution in [2.75, 3.05) is 13.6 Å². The standard InChI is InChI=1S/C17H30N2/c1-13(2)18-11-15(5)17-9-7-16(8-10-17)12-19(6)14(3)4/h7-10,13-15,18H,11-12H2,1-6H3. The molecule has 0 spiro atoms. The Hall–Kier alpha value is -0.860. The average molecular weight is 262 g/mol. The number of hydrogen-bond acceptors (Lipinski definition) is 2. The number of rotatable bonds is 7. The molecule has 1 atom stereocenters. The van der Waals surface area contributed by atoms with Crippen molar-refractivity contribution in [1.29, 1.82) is 0 Å². The lowest BCUT2D eigenvalue weighted by Crippen LogP contribution is -2.27. The molecule has 0 saturated carbocycles. The Bertz CT molecular complexity index is 354. The summed E-state index contributed by atoms with van der Waals surface area (Å²) in [7, 11) is 2.17. The minimum Gasteiger partial charge on any atom is -0.314 e. The van der Waals surface area contributed by atoms with Gasteiger partial charge in [0.1, 0.15) is 0 Å². The molecule has 108 valence electrons. The first-order valence-electron chi connectivity index (χ1n) is 7.42. The molecule has 1 aromatic carbocycles. The summed E-state index contributed by atoms with van der Waals surface area (Å²) in [5.74, 6) is 0.569. The highest BCUT2D eigenvalue weighted by molar-refractivity contribution is 5.25. The van der Waals surface area contributed by atoms with Crippen LogP contribution in [0.2, 0.25) is 0 Å². The molecule has 0 fully saturated rings. The first-order valence-corrected chi connectivity index (χ1v) is 7.42. The Labute approximate surface area is 119 Å². The van der Waals surface area contributed by atoms with Crippen molar-refractivity contribution in [3.05, 3.63) is 35.4 Å². The van der Waals surface area contributed by atoms with Crippen molar-refractivity contribution in [3.63, 3.8) is 0 Å². The Balaban J connectivity index is 2.55. The van der Waals surface area contributed by atoms with Crippen LogP contribution in [0.4, 0.5) is 0 Å². The molecule has 1 unspecified atom stereocenters. The Morgan fingerprint density at radius 1 is 1.00 bits per heavy atom. The van der Waals surface area contributed by atoms with Crippen molar-refractivity contribution >= 4 is 0 Å². The maximum absolute atomic E-state index is 3.50. The largest absolute Gasteiger partial charge is 0.314 e. The van der Waals surface area contributed by atoms with Crippen LogP contribution in [0.15, 0.2) is 24.3 Å². The SMILES string of the molecule is CC(C)NCC(C)c1ccc(CN(C)C(C)C)cc1. The molecule has 1 aromatic rings. The first kappa shape index (κ1) is 16.2. The van der Waals surface area contributed by atoms with Crippen molar-refractivity contribution in [3.8, 4) is 0 Å². The van der Waals surface area contributed by atoms with Crippen molar-refractivity contribution < 1.29 is 0 Å². The molecule has 0 aliphatic carbocycles. The topological polar surface area (TPSA) is 15.3 Å². The highest BCUT2D eigenvalue weighted by Gasteiger charge is 2.07. The monoisotopic (exact) mass is 262 g/mol. The van der Waals surface area contributed by atoms with Crippen LogP contribution in [-0.4, -0.2) is 30.6 Å². The molecule has 19 heavy (non-hydrogen) atoms. The maximum atomic E-state index is 3.50. The maximum Gasteiger partial charge on any atom is 0.0233 e. The highest BCUT2D eigenvalue weighted by atomic mass is 15.1. The average Bonchev–Trinajstić information content (AvgIpc) is 2.36. The van der Waals surface area contributed by atoms with E-state index in [1.807, 2.05) is 0 Å². The van der Waals surface area contributed by atoms with Gasteiger partial charge in [0.2, 0.25) is 0 Å². The van der Waals surface area contributed by atoms with E-state index >= 15 is 0 Å². The third-order valence-corrected chi connectivity index (χ3v) is 3.69. The Morgan fingerprint density at radius 2 is 1.58 bits per heavy atom. The highest BCUT2D eigenvalue weighted by Crippen LogP contribution is 2.16. The zero-order valence-corrected chi connectivity index (χ0v) is 13.4. The molecule has 2 heteroatoms. The zero-order valence-electron chi connectivity index (χ0n) is 13.4. The van der Waals surface area contributed by atoms with Gasteiger partial charge in [-0.2, -0.15) is 0 Å². The molecule has 0 aliphatic heterocycles.